The van der Waals surface area contributed by atoms with Gasteiger partial charge in [0.15, 0.2) is 5.69 Å². The van der Waals surface area contributed by atoms with Gasteiger partial charge in [-0.15, -0.1) is 0 Å². The third kappa shape index (κ3) is 4.34. The number of nitrogens with zero attached hydrogens (tertiary/aromatic N) is 4. The molecule has 1 aliphatic rings. The zero-order chi connectivity index (χ0) is 16.8. The Morgan fingerprint density at radius 3 is 2.39 bits per heavy atom. The molecule has 0 saturated heterocycles. The first kappa shape index (κ1) is 18.0. The van der Waals surface area contributed by atoms with Gasteiger partial charge in [0, 0.05) is 26.2 Å². The molecule has 0 radical (unpaired) electrons. The summed E-state index contributed by atoms with van der Waals surface area (Å²) in [6.07, 6.45) is 8.56. The summed E-state index contributed by atoms with van der Waals surface area (Å²) < 4.78 is 0. The first-order valence-corrected chi connectivity index (χ1v) is 9.00. The number of rotatable bonds is 5. The Labute approximate surface area is 144 Å². The monoisotopic (exact) mass is 338 g/mol. The molecular formula is C17H27ClN4O. The molecule has 1 amide bonds. The lowest BCUT2D eigenvalue weighted by Gasteiger charge is -2.27. The van der Waals surface area contributed by atoms with Gasteiger partial charge in [-0.3, -0.25) is 4.79 Å². The smallest absolute Gasteiger partial charge is 0.274 e. The molecule has 0 spiro atoms. The summed E-state index contributed by atoms with van der Waals surface area (Å²) in [5.74, 6) is 0.467. The van der Waals surface area contributed by atoms with Crippen LogP contribution in [0.4, 0.5) is 5.95 Å². The zero-order valence-electron chi connectivity index (χ0n) is 14.4. The van der Waals surface area contributed by atoms with E-state index in [1.165, 1.54) is 31.9 Å². The number of anilines is 1. The van der Waals surface area contributed by atoms with E-state index in [1.54, 1.807) is 0 Å². The van der Waals surface area contributed by atoms with Gasteiger partial charge < -0.3 is 9.80 Å². The maximum Gasteiger partial charge on any atom is 0.274 e. The first-order valence-electron chi connectivity index (χ1n) is 8.63. The van der Waals surface area contributed by atoms with Crippen LogP contribution in [0.5, 0.6) is 0 Å². The van der Waals surface area contributed by atoms with Crippen molar-refractivity contribution in [1.82, 2.24) is 14.9 Å². The van der Waals surface area contributed by atoms with Crippen molar-refractivity contribution in [3.63, 3.8) is 0 Å². The molecule has 0 aliphatic heterocycles. The largest absolute Gasteiger partial charge is 0.341 e. The highest BCUT2D eigenvalue weighted by Gasteiger charge is 2.25. The van der Waals surface area contributed by atoms with Crippen LogP contribution in [0.2, 0.25) is 5.02 Å². The predicted molar refractivity (Wildman–Crippen MR) is 94.2 cm³/mol. The Kier molecular flexibility index (Phi) is 6.63. The van der Waals surface area contributed by atoms with E-state index in [4.69, 9.17) is 11.6 Å². The van der Waals surface area contributed by atoms with Crippen molar-refractivity contribution < 1.29 is 4.79 Å². The van der Waals surface area contributed by atoms with Crippen LogP contribution in [0.3, 0.4) is 0 Å². The van der Waals surface area contributed by atoms with Crippen molar-refractivity contribution in [3.05, 3.63) is 16.9 Å². The predicted octanol–water partition coefficient (Wildman–Crippen LogP) is 3.77. The Morgan fingerprint density at radius 1 is 1.22 bits per heavy atom. The number of carbonyl (C=O) groups is 1. The molecule has 0 bridgehead atoms. The summed E-state index contributed by atoms with van der Waals surface area (Å²) in [6.45, 7) is 5.68. The van der Waals surface area contributed by atoms with Crippen LogP contribution < -0.4 is 4.90 Å². The molecule has 1 fully saturated rings. The summed E-state index contributed by atoms with van der Waals surface area (Å²) in [5.41, 5.74) is 0.315. The number of amides is 1. The standard InChI is InChI=1S/C17H27ClN4O/c1-4-22(5-2)17-19-12-14(18)15(20-17)16(23)21(3)13-10-8-6-7-9-11-13/h12-13H,4-11H2,1-3H3. The fraction of sp³-hybridized carbons (Fsp3) is 0.706. The molecule has 1 heterocycles. The van der Waals surface area contributed by atoms with Crippen LogP contribution in [-0.2, 0) is 0 Å². The second-order valence-electron chi connectivity index (χ2n) is 6.10. The molecule has 1 aromatic heterocycles. The lowest BCUT2D eigenvalue weighted by Crippen LogP contribution is -2.37. The Hall–Kier alpha value is -1.36. The Bertz CT molecular complexity index is 525. The molecule has 1 saturated carbocycles. The van der Waals surface area contributed by atoms with E-state index < -0.39 is 0 Å². The second kappa shape index (κ2) is 8.48. The van der Waals surface area contributed by atoms with Crippen molar-refractivity contribution in [3.8, 4) is 0 Å². The SMILES string of the molecule is CCN(CC)c1ncc(Cl)c(C(=O)N(C)C2CCCCCC2)n1. The van der Waals surface area contributed by atoms with Crippen LogP contribution in [0.15, 0.2) is 6.20 Å². The molecule has 0 unspecified atom stereocenters. The maximum absolute atomic E-state index is 12.9. The van der Waals surface area contributed by atoms with Gasteiger partial charge in [0.25, 0.3) is 5.91 Å². The van der Waals surface area contributed by atoms with Gasteiger partial charge in [-0.1, -0.05) is 37.3 Å². The molecule has 1 aromatic rings. The molecule has 0 aromatic carbocycles. The molecule has 6 heteroatoms. The van der Waals surface area contributed by atoms with Crippen LogP contribution in [0, 0.1) is 0 Å². The fourth-order valence-electron chi connectivity index (χ4n) is 3.14. The van der Waals surface area contributed by atoms with Crippen molar-refractivity contribution in [1.29, 1.82) is 0 Å². The normalized spacial score (nSPS) is 16.0. The van der Waals surface area contributed by atoms with Crippen LogP contribution in [0.1, 0.15) is 62.9 Å². The number of aromatic nitrogens is 2. The highest BCUT2D eigenvalue weighted by molar-refractivity contribution is 6.33. The topological polar surface area (TPSA) is 49.3 Å². The van der Waals surface area contributed by atoms with Crippen molar-refractivity contribution in [2.75, 3.05) is 25.0 Å². The Morgan fingerprint density at radius 2 is 1.83 bits per heavy atom. The summed E-state index contributed by atoms with van der Waals surface area (Å²) in [5, 5.41) is 0.325. The Balaban J connectivity index is 2.21. The van der Waals surface area contributed by atoms with Crippen molar-refractivity contribution in [2.24, 2.45) is 0 Å². The molecule has 5 nitrogen and oxygen atoms in total. The van der Waals surface area contributed by atoms with Gasteiger partial charge >= 0.3 is 0 Å². The quantitative estimate of drug-likeness (QED) is 0.767. The van der Waals surface area contributed by atoms with Crippen molar-refractivity contribution in [2.45, 2.75) is 58.4 Å². The molecule has 23 heavy (non-hydrogen) atoms. The lowest BCUT2D eigenvalue weighted by molar-refractivity contribution is 0.0712. The highest BCUT2D eigenvalue weighted by atomic mass is 35.5. The zero-order valence-corrected chi connectivity index (χ0v) is 15.1. The third-order valence-electron chi connectivity index (χ3n) is 4.67. The molecule has 1 aliphatic carbocycles. The van der Waals surface area contributed by atoms with E-state index in [-0.39, 0.29) is 11.9 Å². The van der Waals surface area contributed by atoms with E-state index in [0.717, 1.165) is 25.9 Å². The molecule has 2 rings (SSSR count). The van der Waals surface area contributed by atoms with Gasteiger partial charge in [0.05, 0.1) is 11.2 Å². The number of hydrogen-bond donors (Lipinski definition) is 0. The van der Waals surface area contributed by atoms with Gasteiger partial charge in [-0.05, 0) is 26.7 Å². The fourth-order valence-corrected chi connectivity index (χ4v) is 3.32. The minimum absolute atomic E-state index is 0.0993. The van der Waals surface area contributed by atoms with Gasteiger partial charge in [-0.25, -0.2) is 9.97 Å². The summed E-state index contributed by atoms with van der Waals surface area (Å²) in [4.78, 5) is 25.4. The lowest BCUT2D eigenvalue weighted by atomic mass is 10.1. The average molecular weight is 339 g/mol. The second-order valence-corrected chi connectivity index (χ2v) is 6.51. The number of halogens is 1. The summed E-state index contributed by atoms with van der Waals surface area (Å²) in [7, 11) is 1.87. The third-order valence-corrected chi connectivity index (χ3v) is 4.95. The van der Waals surface area contributed by atoms with E-state index in [0.29, 0.717) is 16.7 Å². The maximum atomic E-state index is 12.9. The van der Waals surface area contributed by atoms with Crippen molar-refractivity contribution >= 4 is 23.5 Å². The summed E-state index contributed by atoms with van der Waals surface area (Å²) >= 11 is 6.21. The molecule has 128 valence electrons. The average Bonchev–Trinajstić information content (AvgIpc) is 2.85. The molecule has 0 N–H and O–H groups in total. The number of hydrogen-bond acceptors (Lipinski definition) is 4. The van der Waals surface area contributed by atoms with Crippen LogP contribution >= 0.6 is 11.6 Å². The molecule has 0 atom stereocenters. The summed E-state index contributed by atoms with van der Waals surface area (Å²) in [6, 6.07) is 0.285. The van der Waals surface area contributed by atoms with Gasteiger partial charge in [-0.2, -0.15) is 0 Å². The minimum Gasteiger partial charge on any atom is -0.341 e. The number of carbonyl (C=O) groups excluding carboxylic acids is 1. The van der Waals surface area contributed by atoms with Crippen LogP contribution in [0.25, 0.3) is 0 Å². The van der Waals surface area contributed by atoms with E-state index in [9.17, 15) is 4.79 Å². The highest BCUT2D eigenvalue weighted by Crippen LogP contribution is 2.24. The molecular weight excluding hydrogens is 312 g/mol. The van der Waals surface area contributed by atoms with Gasteiger partial charge in [0.2, 0.25) is 5.95 Å². The first-order chi connectivity index (χ1) is 11.1. The van der Waals surface area contributed by atoms with Crippen LogP contribution in [-0.4, -0.2) is 47.0 Å². The van der Waals surface area contributed by atoms with E-state index in [1.807, 2.05) is 30.7 Å². The minimum atomic E-state index is -0.0993. The van der Waals surface area contributed by atoms with E-state index in [2.05, 4.69) is 9.97 Å². The van der Waals surface area contributed by atoms with Gasteiger partial charge in [0.1, 0.15) is 0 Å². The van der Waals surface area contributed by atoms with E-state index >= 15 is 0 Å².